The Morgan fingerprint density at radius 1 is 1.09 bits per heavy atom. The summed E-state index contributed by atoms with van der Waals surface area (Å²) < 4.78 is 0. The normalized spacial score (nSPS) is 18.5. The molecule has 0 aromatic carbocycles. The Morgan fingerprint density at radius 3 is 2.24 bits per heavy atom. The Kier molecular flexibility index (Phi) is 11.1. The van der Waals surface area contributed by atoms with Crippen LogP contribution in [0, 0.1) is 11.8 Å². The van der Waals surface area contributed by atoms with E-state index < -0.39 is 47.9 Å². The van der Waals surface area contributed by atoms with Crippen LogP contribution in [0.5, 0.6) is 0 Å². The summed E-state index contributed by atoms with van der Waals surface area (Å²) in [5.41, 5.74) is 16.6. The summed E-state index contributed by atoms with van der Waals surface area (Å²) in [6, 6.07) is -3.58. The van der Waals surface area contributed by atoms with E-state index in [1.54, 1.807) is 27.7 Å². The summed E-state index contributed by atoms with van der Waals surface area (Å²) in [6.07, 6.45) is 1.66. The van der Waals surface area contributed by atoms with Crippen molar-refractivity contribution in [2.75, 3.05) is 13.1 Å². The highest BCUT2D eigenvalue weighted by molar-refractivity contribution is 5.94. The van der Waals surface area contributed by atoms with Gasteiger partial charge >= 0.3 is 5.97 Å². The number of aliphatic carboxylic acids is 1. The van der Waals surface area contributed by atoms with Gasteiger partial charge in [-0.3, -0.25) is 19.4 Å². The maximum absolute atomic E-state index is 13.4. The molecule has 0 radical (unpaired) electrons. The summed E-state index contributed by atoms with van der Waals surface area (Å²) in [4.78, 5) is 55.5. The van der Waals surface area contributed by atoms with Crippen molar-refractivity contribution >= 4 is 29.7 Å². The minimum absolute atomic E-state index is 0.0712. The maximum atomic E-state index is 13.4. The van der Waals surface area contributed by atoms with E-state index in [0.717, 1.165) is 0 Å². The van der Waals surface area contributed by atoms with Crippen LogP contribution in [0.1, 0.15) is 53.4 Å². The minimum atomic E-state index is -1.14. The molecule has 0 aliphatic carbocycles. The second-order valence-electron chi connectivity index (χ2n) is 9.04. The first-order chi connectivity index (χ1) is 15.4. The van der Waals surface area contributed by atoms with Crippen molar-refractivity contribution in [3.8, 4) is 0 Å². The second kappa shape index (κ2) is 13.0. The molecule has 3 amide bonds. The van der Waals surface area contributed by atoms with Crippen LogP contribution in [0.25, 0.3) is 0 Å². The Hall–Kier alpha value is -2.89. The number of guanidine groups is 1. The van der Waals surface area contributed by atoms with Crippen molar-refractivity contribution in [1.82, 2.24) is 15.5 Å². The highest BCUT2D eigenvalue weighted by Crippen LogP contribution is 2.20. The summed E-state index contributed by atoms with van der Waals surface area (Å²) in [7, 11) is 0. The lowest BCUT2D eigenvalue weighted by Gasteiger charge is -2.30. The number of likely N-dealkylation sites (tertiary alicyclic amines) is 1. The van der Waals surface area contributed by atoms with Crippen molar-refractivity contribution in [2.24, 2.45) is 34.0 Å². The molecule has 33 heavy (non-hydrogen) atoms. The number of carboxylic acids is 1. The summed E-state index contributed by atoms with van der Waals surface area (Å²) in [5, 5.41) is 14.6. The van der Waals surface area contributed by atoms with Crippen molar-refractivity contribution in [2.45, 2.75) is 77.5 Å². The zero-order valence-corrected chi connectivity index (χ0v) is 19.9. The van der Waals surface area contributed by atoms with Crippen molar-refractivity contribution in [1.29, 1.82) is 0 Å². The smallest absolute Gasteiger partial charge is 0.326 e. The molecule has 12 heteroatoms. The Morgan fingerprint density at radius 2 is 1.73 bits per heavy atom. The Labute approximate surface area is 194 Å². The lowest BCUT2D eigenvalue weighted by Crippen LogP contribution is -2.57. The molecule has 0 bridgehead atoms. The largest absolute Gasteiger partial charge is 0.480 e. The molecule has 1 rings (SSSR count). The SMILES string of the molecule is CC(C)C(N)C(=O)NC(CCCN=C(N)N)C(=O)N1CCCC1C(=O)NC(C(=O)O)C(C)C. The van der Waals surface area contributed by atoms with Gasteiger partial charge in [-0.15, -0.1) is 0 Å². The molecule has 4 unspecified atom stereocenters. The quantitative estimate of drug-likeness (QED) is 0.115. The van der Waals surface area contributed by atoms with Crippen LogP contribution < -0.4 is 27.8 Å². The summed E-state index contributed by atoms with van der Waals surface area (Å²) >= 11 is 0. The van der Waals surface area contributed by atoms with Crippen LogP contribution >= 0.6 is 0 Å². The molecule has 9 N–H and O–H groups in total. The van der Waals surface area contributed by atoms with Gasteiger partial charge in [0.1, 0.15) is 18.1 Å². The van der Waals surface area contributed by atoms with Crippen molar-refractivity contribution in [3.05, 3.63) is 0 Å². The first-order valence-electron chi connectivity index (χ1n) is 11.3. The Balaban J connectivity index is 2.99. The van der Waals surface area contributed by atoms with E-state index in [9.17, 15) is 24.3 Å². The van der Waals surface area contributed by atoms with E-state index >= 15 is 0 Å². The van der Waals surface area contributed by atoms with E-state index in [2.05, 4.69) is 15.6 Å². The molecule has 0 spiro atoms. The molecular formula is C21H39N7O5. The average Bonchev–Trinajstić information content (AvgIpc) is 3.21. The van der Waals surface area contributed by atoms with Crippen LogP contribution in [-0.2, 0) is 19.2 Å². The number of nitrogens with two attached hydrogens (primary N) is 3. The van der Waals surface area contributed by atoms with E-state index in [4.69, 9.17) is 17.2 Å². The number of carbonyl (C=O) groups excluding carboxylic acids is 3. The number of nitrogens with one attached hydrogen (secondary N) is 2. The molecule has 1 aliphatic rings. The average molecular weight is 470 g/mol. The number of hydrogen-bond donors (Lipinski definition) is 6. The van der Waals surface area contributed by atoms with Crippen LogP contribution in [0.15, 0.2) is 4.99 Å². The van der Waals surface area contributed by atoms with Crippen LogP contribution in [0.2, 0.25) is 0 Å². The highest BCUT2D eigenvalue weighted by Gasteiger charge is 2.39. The predicted molar refractivity (Wildman–Crippen MR) is 124 cm³/mol. The number of rotatable bonds is 12. The summed E-state index contributed by atoms with van der Waals surface area (Å²) in [5.74, 6) is -3.06. The fourth-order valence-corrected chi connectivity index (χ4v) is 3.60. The molecule has 0 aromatic rings. The number of amides is 3. The number of carbonyl (C=O) groups is 4. The third-order valence-electron chi connectivity index (χ3n) is 5.65. The van der Waals surface area contributed by atoms with E-state index in [1.165, 1.54) is 4.90 Å². The van der Waals surface area contributed by atoms with E-state index in [1.807, 2.05) is 0 Å². The van der Waals surface area contributed by atoms with Gasteiger partial charge < -0.3 is 37.8 Å². The zero-order valence-electron chi connectivity index (χ0n) is 19.9. The summed E-state index contributed by atoms with van der Waals surface area (Å²) in [6.45, 7) is 7.58. The molecule has 4 atom stereocenters. The fourth-order valence-electron chi connectivity index (χ4n) is 3.60. The van der Waals surface area contributed by atoms with Gasteiger partial charge in [-0.1, -0.05) is 27.7 Å². The minimum Gasteiger partial charge on any atom is -0.480 e. The molecular weight excluding hydrogens is 430 g/mol. The highest BCUT2D eigenvalue weighted by atomic mass is 16.4. The number of nitrogens with zero attached hydrogens (tertiary/aromatic N) is 2. The van der Waals surface area contributed by atoms with Gasteiger partial charge in [0.25, 0.3) is 0 Å². The first-order valence-corrected chi connectivity index (χ1v) is 11.3. The van der Waals surface area contributed by atoms with Gasteiger partial charge in [-0.2, -0.15) is 0 Å². The molecule has 1 fully saturated rings. The topological polar surface area (TPSA) is 206 Å². The number of carboxylic acid groups (broad SMARTS) is 1. The van der Waals surface area contributed by atoms with Gasteiger partial charge in [-0.05, 0) is 37.5 Å². The zero-order chi connectivity index (χ0) is 25.3. The molecule has 0 saturated carbocycles. The molecule has 12 nitrogen and oxygen atoms in total. The van der Waals surface area contributed by atoms with Gasteiger partial charge in [0.05, 0.1) is 6.04 Å². The monoisotopic (exact) mass is 469 g/mol. The lowest BCUT2D eigenvalue weighted by molar-refractivity contribution is -0.145. The molecule has 188 valence electrons. The Bertz CT molecular complexity index is 737. The molecule has 1 aliphatic heterocycles. The van der Waals surface area contributed by atoms with Crippen molar-refractivity contribution in [3.63, 3.8) is 0 Å². The van der Waals surface area contributed by atoms with Gasteiger partial charge in [0.2, 0.25) is 17.7 Å². The van der Waals surface area contributed by atoms with Crippen molar-refractivity contribution < 1.29 is 24.3 Å². The third-order valence-corrected chi connectivity index (χ3v) is 5.65. The second-order valence-corrected chi connectivity index (χ2v) is 9.04. The maximum Gasteiger partial charge on any atom is 0.326 e. The van der Waals surface area contributed by atoms with Gasteiger partial charge in [0, 0.05) is 13.1 Å². The fraction of sp³-hybridized carbons (Fsp3) is 0.762. The van der Waals surface area contributed by atoms with Crippen LogP contribution in [-0.4, -0.2) is 76.9 Å². The number of aliphatic imine (C=N–C) groups is 1. The molecule has 0 aromatic heterocycles. The van der Waals surface area contributed by atoms with E-state index in [0.29, 0.717) is 25.8 Å². The third kappa shape index (κ3) is 8.52. The van der Waals surface area contributed by atoms with Crippen LogP contribution in [0.4, 0.5) is 0 Å². The number of hydrogen-bond acceptors (Lipinski definition) is 6. The first kappa shape index (κ1) is 28.1. The predicted octanol–water partition coefficient (Wildman–Crippen LogP) is -1.28. The van der Waals surface area contributed by atoms with E-state index in [-0.39, 0.29) is 30.8 Å². The standard InChI is InChI=1S/C21H39N7O5/c1-11(2)15(22)18(30)26-13(7-5-9-25-21(23)24)19(31)28-10-6-8-14(28)17(29)27-16(12(3)4)20(32)33/h11-16H,5-10,22H2,1-4H3,(H,26,30)(H,27,29)(H,32,33)(H4,23,24,25). The molecule has 1 heterocycles. The lowest BCUT2D eigenvalue weighted by atomic mass is 10.0. The molecule has 1 saturated heterocycles. The van der Waals surface area contributed by atoms with Gasteiger partial charge in [0.15, 0.2) is 5.96 Å². The van der Waals surface area contributed by atoms with Crippen LogP contribution in [0.3, 0.4) is 0 Å². The van der Waals surface area contributed by atoms with Gasteiger partial charge in [-0.25, -0.2) is 4.79 Å².